The molecule has 1 fully saturated rings. The number of rotatable bonds is 5. The van der Waals surface area contributed by atoms with Crippen LogP contribution in [-0.4, -0.2) is 71.0 Å². The van der Waals surface area contributed by atoms with Gasteiger partial charge in [-0.3, -0.25) is 9.79 Å². The number of aromatic nitrogens is 3. The number of likely N-dealkylation sites (N-methyl/N-ethyl adjacent to an activating group) is 1. The normalized spacial score (nSPS) is 18.2. The second kappa shape index (κ2) is 9.94. The highest BCUT2D eigenvalue weighted by Gasteiger charge is 2.28. The van der Waals surface area contributed by atoms with E-state index in [0.29, 0.717) is 5.89 Å². The van der Waals surface area contributed by atoms with E-state index >= 15 is 0 Å². The van der Waals surface area contributed by atoms with Crippen molar-refractivity contribution < 1.29 is 9.21 Å². The summed E-state index contributed by atoms with van der Waals surface area (Å²) >= 11 is 0. The Bertz CT molecular complexity index is 1440. The fraction of sp³-hybridized carbons (Fsp3) is 0.250. The highest BCUT2D eigenvalue weighted by atomic mass is 16.4. The Balaban J connectivity index is 1.30. The average molecular weight is 494 g/mol. The number of carbonyl (C=O) groups is 1. The number of nitrogens with zero attached hydrogens (tertiary/aromatic N) is 6. The molecule has 4 aromatic rings. The lowest BCUT2D eigenvalue weighted by molar-refractivity contribution is -0.119. The van der Waals surface area contributed by atoms with Crippen molar-refractivity contribution >= 4 is 23.3 Å². The molecular formula is C28H27N7O2. The number of hydrogen-bond acceptors (Lipinski definition) is 9. The maximum atomic E-state index is 13.2. The summed E-state index contributed by atoms with van der Waals surface area (Å²) < 4.78 is 6.00. The molecule has 0 radical (unpaired) electrons. The number of hydrogen-bond donors (Lipinski definition) is 1. The molecule has 0 aliphatic carbocycles. The van der Waals surface area contributed by atoms with Gasteiger partial charge in [0.15, 0.2) is 11.9 Å². The van der Waals surface area contributed by atoms with Gasteiger partial charge in [-0.2, -0.15) is 0 Å². The molecule has 1 N–H and O–H groups in total. The Morgan fingerprint density at radius 3 is 2.49 bits per heavy atom. The molecule has 0 bridgehead atoms. The number of anilines is 2. The number of nitrogens with one attached hydrogen (secondary N) is 1. The zero-order valence-electron chi connectivity index (χ0n) is 20.5. The average Bonchev–Trinajstić information content (AvgIpc) is 3.35. The molecule has 1 unspecified atom stereocenters. The van der Waals surface area contributed by atoms with Crippen LogP contribution in [0.5, 0.6) is 0 Å². The van der Waals surface area contributed by atoms with Crippen LogP contribution in [0.15, 0.2) is 82.3 Å². The van der Waals surface area contributed by atoms with Crippen LogP contribution in [-0.2, 0) is 11.2 Å². The van der Waals surface area contributed by atoms with Gasteiger partial charge in [-0.1, -0.05) is 59.7 Å². The van der Waals surface area contributed by atoms with Crippen molar-refractivity contribution in [1.82, 2.24) is 20.1 Å². The maximum absolute atomic E-state index is 13.2. The smallest absolute Gasteiger partial charge is 0.317 e. The van der Waals surface area contributed by atoms with Crippen LogP contribution in [0, 0.1) is 0 Å². The monoisotopic (exact) mass is 493 g/mol. The van der Waals surface area contributed by atoms with Crippen LogP contribution in [0.1, 0.15) is 16.7 Å². The van der Waals surface area contributed by atoms with Gasteiger partial charge in [-0.15, -0.1) is 5.10 Å². The third kappa shape index (κ3) is 4.73. The van der Waals surface area contributed by atoms with Crippen LogP contribution in [0.3, 0.4) is 0 Å². The van der Waals surface area contributed by atoms with E-state index in [1.165, 1.54) is 0 Å². The van der Waals surface area contributed by atoms with Gasteiger partial charge in [-0.25, -0.2) is 4.98 Å². The molecule has 37 heavy (non-hydrogen) atoms. The molecule has 9 heteroatoms. The SMILES string of the molecule is CN1CCN(c2ncccc2-c2nnc(NC3N=C(c4ccccc4)c4ccccc4CC3=O)o2)CC1. The topological polar surface area (TPSA) is 99.8 Å². The van der Waals surface area contributed by atoms with Gasteiger partial charge in [-0.05, 0) is 24.7 Å². The third-order valence-corrected chi connectivity index (χ3v) is 6.75. The van der Waals surface area contributed by atoms with Crippen molar-refractivity contribution in [2.24, 2.45) is 4.99 Å². The minimum Gasteiger partial charge on any atom is -0.403 e. The lowest BCUT2D eigenvalue weighted by Gasteiger charge is -2.33. The number of Topliss-reactive ketones (excluding diaryl/α,β-unsaturated/α-hetero) is 1. The highest BCUT2D eigenvalue weighted by Crippen LogP contribution is 2.30. The number of aliphatic imine (C=N–C) groups is 1. The molecular weight excluding hydrogens is 466 g/mol. The van der Waals surface area contributed by atoms with Gasteiger partial charge in [0.1, 0.15) is 5.82 Å². The molecule has 1 saturated heterocycles. The van der Waals surface area contributed by atoms with Gasteiger partial charge in [0.05, 0.1) is 11.3 Å². The Kier molecular flexibility index (Phi) is 6.20. The van der Waals surface area contributed by atoms with Crippen LogP contribution >= 0.6 is 0 Å². The molecule has 1 atom stereocenters. The molecule has 2 aromatic carbocycles. The van der Waals surface area contributed by atoms with Gasteiger partial charge in [0.2, 0.25) is 0 Å². The number of piperazine rings is 1. The zero-order valence-corrected chi connectivity index (χ0v) is 20.5. The third-order valence-electron chi connectivity index (χ3n) is 6.75. The van der Waals surface area contributed by atoms with Crippen molar-refractivity contribution in [2.75, 3.05) is 43.4 Å². The second-order valence-electron chi connectivity index (χ2n) is 9.27. The van der Waals surface area contributed by atoms with E-state index < -0.39 is 6.17 Å². The summed E-state index contributed by atoms with van der Waals surface area (Å²) in [5.74, 6) is 1.09. The molecule has 6 rings (SSSR count). The fourth-order valence-corrected chi connectivity index (χ4v) is 4.74. The van der Waals surface area contributed by atoms with Crippen LogP contribution in [0.4, 0.5) is 11.8 Å². The first-order valence-electron chi connectivity index (χ1n) is 12.4. The highest BCUT2D eigenvalue weighted by molar-refractivity contribution is 6.16. The predicted octanol–water partition coefficient (Wildman–Crippen LogP) is 3.28. The molecule has 2 aliphatic rings. The number of pyridine rings is 1. The molecule has 186 valence electrons. The summed E-state index contributed by atoms with van der Waals surface area (Å²) in [6.07, 6.45) is 1.17. The zero-order chi connectivity index (χ0) is 25.2. The largest absolute Gasteiger partial charge is 0.403 e. The number of carbonyl (C=O) groups excluding carboxylic acids is 1. The quantitative estimate of drug-likeness (QED) is 0.452. The molecule has 0 spiro atoms. The van der Waals surface area contributed by atoms with E-state index in [0.717, 1.165) is 60.0 Å². The van der Waals surface area contributed by atoms with Crippen molar-refractivity contribution in [2.45, 2.75) is 12.6 Å². The molecule has 4 heterocycles. The van der Waals surface area contributed by atoms with E-state index in [-0.39, 0.29) is 18.2 Å². The first-order valence-corrected chi connectivity index (χ1v) is 12.4. The van der Waals surface area contributed by atoms with Gasteiger partial charge >= 0.3 is 6.01 Å². The van der Waals surface area contributed by atoms with Gasteiger partial charge < -0.3 is 19.5 Å². The van der Waals surface area contributed by atoms with Crippen LogP contribution in [0.2, 0.25) is 0 Å². The summed E-state index contributed by atoms with van der Waals surface area (Å²) in [4.78, 5) is 27.2. The first kappa shape index (κ1) is 23.1. The van der Waals surface area contributed by atoms with Gasteiger partial charge in [0, 0.05) is 49.9 Å². The van der Waals surface area contributed by atoms with Crippen molar-refractivity contribution in [1.29, 1.82) is 0 Å². The molecule has 0 amide bonds. The van der Waals surface area contributed by atoms with E-state index in [9.17, 15) is 4.79 Å². The Hall–Kier alpha value is -4.37. The predicted molar refractivity (Wildman–Crippen MR) is 142 cm³/mol. The lowest BCUT2D eigenvalue weighted by Crippen LogP contribution is -2.45. The lowest BCUT2D eigenvalue weighted by atomic mass is 9.96. The number of fused-ring (bicyclic) bond motifs is 1. The van der Waals surface area contributed by atoms with E-state index in [4.69, 9.17) is 9.41 Å². The van der Waals surface area contributed by atoms with E-state index in [1.54, 1.807) is 6.20 Å². The molecule has 2 aliphatic heterocycles. The van der Waals surface area contributed by atoms with Crippen molar-refractivity contribution in [3.05, 3.63) is 89.6 Å². The van der Waals surface area contributed by atoms with Crippen molar-refractivity contribution in [3.63, 3.8) is 0 Å². The van der Waals surface area contributed by atoms with Gasteiger partial charge in [0.25, 0.3) is 5.89 Å². The Labute approximate surface area is 214 Å². The number of ketones is 1. The standard InChI is InChI=1S/C28H27N7O2/c1-34-14-16-35(17-15-34)26-22(12-7-13-29-26)27-32-33-28(37-27)31-25-23(36)18-20-10-5-6-11-21(20)24(30-25)19-8-3-2-4-9-19/h2-13,25H,14-18H2,1H3,(H,31,33). The second-order valence-corrected chi connectivity index (χ2v) is 9.27. The molecule has 9 nitrogen and oxygen atoms in total. The summed E-state index contributed by atoms with van der Waals surface area (Å²) in [5.41, 5.74) is 4.35. The molecule has 0 saturated carbocycles. The van der Waals surface area contributed by atoms with Crippen LogP contribution in [0.25, 0.3) is 11.5 Å². The maximum Gasteiger partial charge on any atom is 0.317 e. The van der Waals surface area contributed by atoms with E-state index in [2.05, 4.69) is 37.3 Å². The Morgan fingerprint density at radius 2 is 1.65 bits per heavy atom. The summed E-state index contributed by atoms with van der Waals surface area (Å²) in [7, 11) is 2.12. The first-order chi connectivity index (χ1) is 18.2. The summed E-state index contributed by atoms with van der Waals surface area (Å²) in [6, 6.07) is 21.7. The Morgan fingerprint density at radius 1 is 0.892 bits per heavy atom. The van der Waals surface area contributed by atoms with Crippen LogP contribution < -0.4 is 10.2 Å². The minimum absolute atomic E-state index is 0.0716. The van der Waals surface area contributed by atoms with Crippen molar-refractivity contribution in [3.8, 4) is 11.5 Å². The summed E-state index contributed by atoms with van der Waals surface area (Å²) in [6.45, 7) is 3.66. The number of benzene rings is 2. The fourth-order valence-electron chi connectivity index (χ4n) is 4.74. The molecule has 2 aromatic heterocycles. The minimum atomic E-state index is -0.859. The van der Waals surface area contributed by atoms with E-state index in [1.807, 2.05) is 66.7 Å². The summed E-state index contributed by atoms with van der Waals surface area (Å²) in [5, 5.41) is 11.5.